The van der Waals surface area contributed by atoms with Gasteiger partial charge in [0.05, 0.1) is 0 Å². The molecule has 0 aromatic carbocycles. The Morgan fingerprint density at radius 1 is 1.30 bits per heavy atom. The molecule has 3 saturated carbocycles. The van der Waals surface area contributed by atoms with Crippen LogP contribution in [0.15, 0.2) is 0 Å². The van der Waals surface area contributed by atoms with E-state index in [2.05, 4.69) is 13.8 Å². The molecule has 0 aliphatic heterocycles. The maximum Gasteiger partial charge on any atom is -0.0287 e. The van der Waals surface area contributed by atoms with Gasteiger partial charge >= 0.3 is 0 Å². The zero-order valence-corrected chi connectivity index (χ0v) is 6.93. The van der Waals surface area contributed by atoms with Crippen molar-refractivity contribution >= 4 is 0 Å². The lowest BCUT2D eigenvalue weighted by molar-refractivity contribution is -0.109. The van der Waals surface area contributed by atoms with Gasteiger partial charge in [-0.2, -0.15) is 0 Å². The summed E-state index contributed by atoms with van der Waals surface area (Å²) in [4.78, 5) is 0. The number of hydrogen-bond acceptors (Lipinski definition) is 0. The second-order valence-electron chi connectivity index (χ2n) is 5.22. The van der Waals surface area contributed by atoms with Gasteiger partial charge in [-0.05, 0) is 48.3 Å². The van der Waals surface area contributed by atoms with Crippen molar-refractivity contribution in [3.8, 4) is 0 Å². The second kappa shape index (κ2) is 1.31. The third-order valence-corrected chi connectivity index (χ3v) is 4.60. The highest BCUT2D eigenvalue weighted by molar-refractivity contribution is 5.15. The molecule has 0 saturated heterocycles. The van der Waals surface area contributed by atoms with Gasteiger partial charge in [0.15, 0.2) is 0 Å². The molecule has 5 unspecified atom stereocenters. The van der Waals surface area contributed by atoms with Crippen LogP contribution >= 0.6 is 0 Å². The summed E-state index contributed by atoms with van der Waals surface area (Å²) in [5.41, 5.74) is 0.826. The van der Waals surface area contributed by atoms with E-state index in [0.29, 0.717) is 0 Å². The lowest BCUT2D eigenvalue weighted by Gasteiger charge is -2.60. The standard InChI is InChI=1S/C10H16/c1-6-4-10(2)5-7-3-8(6)9(7)10/h6-9H,3-5H2,1-2H3. The Bertz CT molecular complexity index is 184. The smallest absolute Gasteiger partial charge is 0.0287 e. The Labute approximate surface area is 63.0 Å². The van der Waals surface area contributed by atoms with E-state index in [1.807, 2.05) is 0 Å². The molecule has 0 bridgehead atoms. The molecule has 5 atom stereocenters. The molecule has 0 aromatic rings. The lowest BCUT2D eigenvalue weighted by Crippen LogP contribution is -2.52. The van der Waals surface area contributed by atoms with Crippen molar-refractivity contribution in [2.45, 2.75) is 33.1 Å². The normalized spacial score (nSPS) is 70.2. The van der Waals surface area contributed by atoms with E-state index < -0.39 is 0 Å². The Hall–Kier alpha value is 0. The molecule has 3 rings (SSSR count). The molecule has 3 fully saturated rings. The van der Waals surface area contributed by atoms with Crippen molar-refractivity contribution in [2.24, 2.45) is 29.1 Å². The van der Waals surface area contributed by atoms with Crippen LogP contribution < -0.4 is 0 Å². The van der Waals surface area contributed by atoms with E-state index >= 15 is 0 Å². The molecule has 0 amide bonds. The molecule has 56 valence electrons. The van der Waals surface area contributed by atoms with Crippen molar-refractivity contribution in [3.05, 3.63) is 0 Å². The van der Waals surface area contributed by atoms with Gasteiger partial charge in [0.1, 0.15) is 0 Å². The van der Waals surface area contributed by atoms with E-state index in [1.54, 1.807) is 19.3 Å². The summed E-state index contributed by atoms with van der Waals surface area (Å²) < 4.78 is 0. The third-order valence-electron chi connectivity index (χ3n) is 4.60. The first-order valence-electron chi connectivity index (χ1n) is 4.71. The van der Waals surface area contributed by atoms with Crippen LogP contribution in [0.4, 0.5) is 0 Å². The molecule has 3 aliphatic carbocycles. The molecule has 0 aromatic heterocycles. The van der Waals surface area contributed by atoms with E-state index in [1.165, 1.54) is 11.8 Å². The fraction of sp³-hybridized carbons (Fsp3) is 1.00. The van der Waals surface area contributed by atoms with Crippen LogP contribution in [-0.4, -0.2) is 0 Å². The van der Waals surface area contributed by atoms with Crippen LogP contribution in [0.5, 0.6) is 0 Å². The van der Waals surface area contributed by atoms with Crippen molar-refractivity contribution < 1.29 is 0 Å². The SMILES string of the molecule is CC1CC2(C)CC3CC1C32. The maximum absolute atomic E-state index is 2.52. The summed E-state index contributed by atoms with van der Waals surface area (Å²) in [6, 6.07) is 0. The predicted octanol–water partition coefficient (Wildman–Crippen LogP) is 2.69. The molecule has 0 heteroatoms. The van der Waals surface area contributed by atoms with Gasteiger partial charge < -0.3 is 0 Å². The van der Waals surface area contributed by atoms with Crippen LogP contribution in [0.2, 0.25) is 0 Å². The average molecular weight is 136 g/mol. The Balaban J connectivity index is 1.97. The van der Waals surface area contributed by atoms with Gasteiger partial charge in [-0.15, -0.1) is 0 Å². The molecule has 0 spiro atoms. The lowest BCUT2D eigenvalue weighted by atomic mass is 9.45. The van der Waals surface area contributed by atoms with E-state index in [4.69, 9.17) is 0 Å². The zero-order chi connectivity index (χ0) is 6.93. The van der Waals surface area contributed by atoms with Crippen LogP contribution in [0.25, 0.3) is 0 Å². The minimum atomic E-state index is 0.826. The quantitative estimate of drug-likeness (QED) is 0.480. The van der Waals surface area contributed by atoms with Crippen LogP contribution in [0.1, 0.15) is 33.1 Å². The first-order chi connectivity index (χ1) is 4.71. The molecule has 10 heavy (non-hydrogen) atoms. The largest absolute Gasteiger partial charge is 0.0622 e. The molecule has 0 radical (unpaired) electrons. The van der Waals surface area contributed by atoms with E-state index in [-0.39, 0.29) is 0 Å². The maximum atomic E-state index is 2.52. The van der Waals surface area contributed by atoms with Gasteiger partial charge in [0.2, 0.25) is 0 Å². The van der Waals surface area contributed by atoms with Gasteiger partial charge in [-0.25, -0.2) is 0 Å². The zero-order valence-electron chi connectivity index (χ0n) is 6.93. The topological polar surface area (TPSA) is 0 Å². The van der Waals surface area contributed by atoms with Crippen LogP contribution in [0, 0.1) is 29.1 Å². The highest BCUT2D eigenvalue weighted by Crippen LogP contribution is 2.73. The summed E-state index contributed by atoms with van der Waals surface area (Å²) in [5.74, 6) is 4.58. The van der Waals surface area contributed by atoms with Crippen molar-refractivity contribution in [2.75, 3.05) is 0 Å². The molecular weight excluding hydrogens is 120 g/mol. The number of rotatable bonds is 0. The third kappa shape index (κ3) is 0.383. The van der Waals surface area contributed by atoms with Gasteiger partial charge in [0, 0.05) is 0 Å². The Morgan fingerprint density at radius 3 is 2.60 bits per heavy atom. The molecule has 0 heterocycles. The number of hydrogen-bond donors (Lipinski definition) is 0. The summed E-state index contributed by atoms with van der Waals surface area (Å²) in [5, 5.41) is 0. The Morgan fingerprint density at radius 2 is 2.10 bits per heavy atom. The monoisotopic (exact) mass is 136 g/mol. The molecule has 3 aliphatic rings. The summed E-state index contributed by atoms with van der Waals surface area (Å²) >= 11 is 0. The van der Waals surface area contributed by atoms with Crippen LogP contribution in [0.3, 0.4) is 0 Å². The van der Waals surface area contributed by atoms with Crippen LogP contribution in [-0.2, 0) is 0 Å². The van der Waals surface area contributed by atoms with E-state index in [0.717, 1.165) is 17.3 Å². The van der Waals surface area contributed by atoms with Gasteiger partial charge in [-0.1, -0.05) is 13.8 Å². The highest BCUT2D eigenvalue weighted by Gasteiger charge is 2.66. The fourth-order valence-electron chi connectivity index (χ4n) is 4.36. The fourth-order valence-corrected chi connectivity index (χ4v) is 4.36. The average Bonchev–Trinajstić information content (AvgIpc) is 1.97. The van der Waals surface area contributed by atoms with Crippen molar-refractivity contribution in [3.63, 3.8) is 0 Å². The molecule has 0 nitrogen and oxygen atoms in total. The minimum absolute atomic E-state index is 0.826. The van der Waals surface area contributed by atoms with Gasteiger partial charge in [0.25, 0.3) is 0 Å². The predicted molar refractivity (Wildman–Crippen MR) is 41.6 cm³/mol. The van der Waals surface area contributed by atoms with Gasteiger partial charge in [-0.3, -0.25) is 0 Å². The Kier molecular flexibility index (Phi) is 0.735. The molecular formula is C10H16. The second-order valence-corrected chi connectivity index (χ2v) is 5.22. The first kappa shape index (κ1) is 5.62. The summed E-state index contributed by atoms with van der Waals surface area (Å²) in [7, 11) is 0. The first-order valence-corrected chi connectivity index (χ1v) is 4.71. The minimum Gasteiger partial charge on any atom is -0.0622 e. The summed E-state index contributed by atoms with van der Waals surface area (Å²) in [6.07, 6.45) is 4.69. The van der Waals surface area contributed by atoms with E-state index in [9.17, 15) is 0 Å². The van der Waals surface area contributed by atoms with Crippen molar-refractivity contribution in [1.82, 2.24) is 0 Å². The molecule has 0 N–H and O–H groups in total. The van der Waals surface area contributed by atoms with Crippen molar-refractivity contribution in [1.29, 1.82) is 0 Å². The summed E-state index contributed by atoms with van der Waals surface area (Å²) in [6.45, 7) is 4.98. The highest BCUT2D eigenvalue weighted by atomic mass is 14.7.